The van der Waals surface area contributed by atoms with Crippen molar-refractivity contribution in [3.05, 3.63) is 18.7 Å². The summed E-state index contributed by atoms with van der Waals surface area (Å²) in [6.07, 6.45) is 4.71. The lowest BCUT2D eigenvalue weighted by Gasteiger charge is -2.26. The van der Waals surface area contributed by atoms with Crippen LogP contribution in [0.5, 0.6) is 0 Å². The molecule has 100 valence electrons. The number of nitrogens with one attached hydrogen (secondary N) is 1. The molecule has 0 saturated heterocycles. The maximum atomic E-state index is 12.1. The van der Waals surface area contributed by atoms with E-state index in [1.165, 1.54) is 6.33 Å². The van der Waals surface area contributed by atoms with Crippen molar-refractivity contribution in [2.24, 2.45) is 5.92 Å². The molecule has 0 saturated carbocycles. The van der Waals surface area contributed by atoms with Gasteiger partial charge in [0.25, 0.3) is 0 Å². The topological polar surface area (TPSA) is 64.1 Å². The SMILES string of the molecule is CC(C)C(Nc1cncnc1)C(=O)OC(C)(C)C. The molecule has 1 atom stereocenters. The molecule has 1 aromatic heterocycles. The molecule has 18 heavy (non-hydrogen) atoms. The van der Waals surface area contributed by atoms with Gasteiger partial charge < -0.3 is 10.1 Å². The van der Waals surface area contributed by atoms with Crippen molar-refractivity contribution >= 4 is 11.7 Å². The summed E-state index contributed by atoms with van der Waals surface area (Å²) >= 11 is 0. The van der Waals surface area contributed by atoms with Gasteiger partial charge in [-0.05, 0) is 26.7 Å². The molecule has 1 aromatic rings. The molecule has 1 heterocycles. The first-order valence-electron chi connectivity index (χ1n) is 6.04. The first kappa shape index (κ1) is 14.4. The first-order valence-corrected chi connectivity index (χ1v) is 6.04. The Morgan fingerprint density at radius 1 is 1.28 bits per heavy atom. The summed E-state index contributed by atoms with van der Waals surface area (Å²) in [4.78, 5) is 19.9. The van der Waals surface area contributed by atoms with Crippen molar-refractivity contribution in [1.29, 1.82) is 0 Å². The quantitative estimate of drug-likeness (QED) is 0.831. The Bertz CT molecular complexity index is 385. The third-order valence-electron chi connectivity index (χ3n) is 2.21. The van der Waals surface area contributed by atoms with Crippen LogP contribution in [0.4, 0.5) is 5.69 Å². The minimum atomic E-state index is -0.487. The van der Waals surface area contributed by atoms with Gasteiger partial charge in [0.15, 0.2) is 0 Å². The number of carbonyl (C=O) groups excluding carboxylic acids is 1. The van der Waals surface area contributed by atoms with Crippen molar-refractivity contribution in [3.63, 3.8) is 0 Å². The maximum Gasteiger partial charge on any atom is 0.329 e. The van der Waals surface area contributed by atoms with Crippen LogP contribution < -0.4 is 5.32 Å². The Morgan fingerprint density at radius 3 is 2.28 bits per heavy atom. The number of ether oxygens (including phenoxy) is 1. The zero-order valence-electron chi connectivity index (χ0n) is 11.6. The van der Waals surface area contributed by atoms with Gasteiger partial charge in [-0.25, -0.2) is 14.8 Å². The smallest absolute Gasteiger partial charge is 0.329 e. The molecule has 5 nitrogen and oxygen atoms in total. The largest absolute Gasteiger partial charge is 0.458 e. The predicted octanol–water partition coefficient (Wildman–Crippen LogP) is 2.25. The highest BCUT2D eigenvalue weighted by molar-refractivity contribution is 5.79. The van der Waals surface area contributed by atoms with E-state index >= 15 is 0 Å². The van der Waals surface area contributed by atoms with E-state index in [9.17, 15) is 4.79 Å². The van der Waals surface area contributed by atoms with Gasteiger partial charge in [0, 0.05) is 0 Å². The normalized spacial score (nSPS) is 13.2. The number of hydrogen-bond donors (Lipinski definition) is 1. The molecule has 1 rings (SSSR count). The highest BCUT2D eigenvalue weighted by Crippen LogP contribution is 2.16. The molecule has 0 fully saturated rings. The second-order valence-electron chi connectivity index (χ2n) is 5.53. The average molecular weight is 251 g/mol. The summed E-state index contributed by atoms with van der Waals surface area (Å²) in [6.45, 7) is 9.49. The molecule has 0 radical (unpaired) electrons. The van der Waals surface area contributed by atoms with Crippen molar-refractivity contribution in [3.8, 4) is 0 Å². The van der Waals surface area contributed by atoms with E-state index in [4.69, 9.17) is 4.74 Å². The Morgan fingerprint density at radius 2 is 1.83 bits per heavy atom. The third kappa shape index (κ3) is 4.69. The summed E-state index contributed by atoms with van der Waals surface area (Å²) < 4.78 is 5.39. The van der Waals surface area contributed by atoms with Gasteiger partial charge >= 0.3 is 5.97 Å². The average Bonchev–Trinajstić information content (AvgIpc) is 2.24. The van der Waals surface area contributed by atoms with Crippen LogP contribution in [0.25, 0.3) is 0 Å². The van der Waals surface area contributed by atoms with E-state index in [1.54, 1.807) is 12.4 Å². The van der Waals surface area contributed by atoms with Crippen LogP contribution in [0.2, 0.25) is 0 Å². The monoisotopic (exact) mass is 251 g/mol. The van der Waals surface area contributed by atoms with Gasteiger partial charge in [-0.15, -0.1) is 0 Å². The Kier molecular flexibility index (Phi) is 4.64. The Hall–Kier alpha value is -1.65. The fourth-order valence-corrected chi connectivity index (χ4v) is 1.42. The number of nitrogens with zero attached hydrogens (tertiary/aromatic N) is 2. The zero-order chi connectivity index (χ0) is 13.8. The first-order chi connectivity index (χ1) is 8.29. The van der Waals surface area contributed by atoms with Gasteiger partial charge in [0.2, 0.25) is 0 Å². The maximum absolute atomic E-state index is 12.1. The fraction of sp³-hybridized carbons (Fsp3) is 0.615. The summed E-state index contributed by atoms with van der Waals surface area (Å²) in [6, 6.07) is -0.407. The third-order valence-corrected chi connectivity index (χ3v) is 2.21. The van der Waals surface area contributed by atoms with E-state index in [0.717, 1.165) is 0 Å². The van der Waals surface area contributed by atoms with Crippen LogP contribution in [0.15, 0.2) is 18.7 Å². The van der Waals surface area contributed by atoms with E-state index in [-0.39, 0.29) is 11.9 Å². The molecular formula is C13H21N3O2. The molecule has 0 aliphatic heterocycles. The second kappa shape index (κ2) is 5.80. The highest BCUT2D eigenvalue weighted by Gasteiger charge is 2.27. The number of anilines is 1. The summed E-state index contributed by atoms with van der Waals surface area (Å²) in [7, 11) is 0. The molecule has 0 bridgehead atoms. The molecule has 0 amide bonds. The van der Waals surface area contributed by atoms with Gasteiger partial charge in [-0.1, -0.05) is 13.8 Å². The van der Waals surface area contributed by atoms with Crippen LogP contribution in [-0.2, 0) is 9.53 Å². The van der Waals surface area contributed by atoms with Gasteiger partial charge in [-0.2, -0.15) is 0 Å². The van der Waals surface area contributed by atoms with Crippen LogP contribution in [0, 0.1) is 5.92 Å². The molecule has 1 N–H and O–H groups in total. The number of aromatic nitrogens is 2. The predicted molar refractivity (Wildman–Crippen MR) is 70.1 cm³/mol. The number of rotatable bonds is 4. The van der Waals surface area contributed by atoms with Crippen molar-refractivity contribution < 1.29 is 9.53 Å². The van der Waals surface area contributed by atoms with Crippen molar-refractivity contribution in [1.82, 2.24) is 9.97 Å². The lowest BCUT2D eigenvalue weighted by molar-refractivity contribution is -0.156. The van der Waals surface area contributed by atoms with E-state index in [1.807, 2.05) is 34.6 Å². The number of carbonyl (C=O) groups is 1. The second-order valence-corrected chi connectivity index (χ2v) is 5.53. The van der Waals surface area contributed by atoms with Crippen LogP contribution in [0.1, 0.15) is 34.6 Å². The molecule has 5 heteroatoms. The van der Waals surface area contributed by atoms with Crippen LogP contribution >= 0.6 is 0 Å². The standard InChI is InChI=1S/C13H21N3O2/c1-9(2)11(12(17)18-13(3,4)5)16-10-6-14-8-15-7-10/h6-9,11,16H,1-5H3. The Labute approximate surface area is 108 Å². The van der Waals surface area contributed by atoms with E-state index in [0.29, 0.717) is 5.69 Å². The van der Waals surface area contributed by atoms with Crippen LogP contribution in [0.3, 0.4) is 0 Å². The molecule has 0 aliphatic carbocycles. The minimum Gasteiger partial charge on any atom is -0.458 e. The molecule has 0 aromatic carbocycles. The van der Waals surface area contributed by atoms with Gasteiger partial charge in [0.05, 0.1) is 18.1 Å². The summed E-state index contributed by atoms with van der Waals surface area (Å²) in [5.74, 6) is -0.151. The van der Waals surface area contributed by atoms with Gasteiger partial charge in [0.1, 0.15) is 18.0 Å². The number of hydrogen-bond acceptors (Lipinski definition) is 5. The summed E-state index contributed by atoms with van der Waals surface area (Å²) in [5.41, 5.74) is 0.223. The Balaban J connectivity index is 2.75. The lowest BCUT2D eigenvalue weighted by atomic mass is 10.0. The molecular weight excluding hydrogens is 230 g/mol. The minimum absolute atomic E-state index is 0.111. The summed E-state index contributed by atoms with van der Waals surface area (Å²) in [5, 5.41) is 3.10. The number of esters is 1. The zero-order valence-corrected chi connectivity index (χ0v) is 11.6. The van der Waals surface area contributed by atoms with Crippen molar-refractivity contribution in [2.75, 3.05) is 5.32 Å². The van der Waals surface area contributed by atoms with Crippen LogP contribution in [-0.4, -0.2) is 27.6 Å². The van der Waals surface area contributed by atoms with E-state index in [2.05, 4.69) is 15.3 Å². The van der Waals surface area contributed by atoms with Gasteiger partial charge in [-0.3, -0.25) is 0 Å². The highest BCUT2D eigenvalue weighted by atomic mass is 16.6. The molecule has 0 aliphatic rings. The van der Waals surface area contributed by atoms with Crippen molar-refractivity contribution in [2.45, 2.75) is 46.3 Å². The fourth-order valence-electron chi connectivity index (χ4n) is 1.42. The lowest BCUT2D eigenvalue weighted by Crippen LogP contribution is -2.40. The molecule has 1 unspecified atom stereocenters. The molecule has 0 spiro atoms. The van der Waals surface area contributed by atoms with E-state index < -0.39 is 11.6 Å².